The Hall–Kier alpha value is -1.66. The molecule has 1 atom stereocenters. The van der Waals surface area contributed by atoms with Gasteiger partial charge in [0, 0.05) is 0 Å². The van der Waals surface area contributed by atoms with Gasteiger partial charge < -0.3 is 14.8 Å². The van der Waals surface area contributed by atoms with Crippen molar-refractivity contribution in [3.05, 3.63) is 64.1 Å². The zero-order valence-electron chi connectivity index (χ0n) is 13.8. The summed E-state index contributed by atoms with van der Waals surface area (Å²) in [6, 6.07) is 13.7. The molecule has 9 heteroatoms. The molecule has 0 aliphatic carbocycles. The molecule has 0 saturated carbocycles. The number of para-hydroxylation sites is 1. The second-order valence-corrected chi connectivity index (χ2v) is 7.39. The first kappa shape index (κ1) is 21.6. The molecule has 2 aromatic carbocycles. The maximum absolute atomic E-state index is 12.3. The van der Waals surface area contributed by atoms with E-state index in [2.05, 4.69) is 5.32 Å². The molecule has 1 N–H and O–H groups in total. The van der Waals surface area contributed by atoms with Gasteiger partial charge in [0.15, 0.2) is 0 Å². The molecule has 0 aliphatic rings. The molecule has 0 heterocycles. The molecule has 2 rings (SSSR count). The van der Waals surface area contributed by atoms with Crippen LogP contribution >= 0.6 is 46.4 Å². The number of anilines is 1. The van der Waals surface area contributed by atoms with Crippen LogP contribution in [0.4, 0.5) is 5.69 Å². The molecule has 0 fully saturated rings. The Morgan fingerprint density at radius 1 is 0.963 bits per heavy atom. The highest BCUT2D eigenvalue weighted by molar-refractivity contribution is 6.44. The summed E-state index contributed by atoms with van der Waals surface area (Å²) in [7, 11) is 0. The van der Waals surface area contributed by atoms with E-state index in [1.54, 1.807) is 42.5 Å². The van der Waals surface area contributed by atoms with Crippen molar-refractivity contribution in [1.82, 2.24) is 0 Å². The standard InChI is InChI=1S/C18H15Cl4NO4/c19-12-7-4-8-13(20)16(12)23-17(18(25)26-10-14(21)22)27-15(24)9-11-5-2-1-3-6-11/h1-8,14,17,23H,9-10H2. The Morgan fingerprint density at radius 2 is 1.59 bits per heavy atom. The predicted octanol–water partition coefficient (Wildman–Crippen LogP) is 4.86. The summed E-state index contributed by atoms with van der Waals surface area (Å²) in [5.74, 6) is -1.54. The topological polar surface area (TPSA) is 64.6 Å². The summed E-state index contributed by atoms with van der Waals surface area (Å²) in [5.41, 5.74) is 0.954. The number of nitrogens with one attached hydrogen (secondary N) is 1. The monoisotopic (exact) mass is 449 g/mol. The van der Waals surface area contributed by atoms with Crippen LogP contribution in [-0.2, 0) is 25.5 Å². The van der Waals surface area contributed by atoms with Gasteiger partial charge in [-0.15, -0.1) is 23.2 Å². The fraction of sp³-hybridized carbons (Fsp3) is 0.222. The fourth-order valence-electron chi connectivity index (χ4n) is 2.06. The second kappa shape index (κ2) is 10.6. The van der Waals surface area contributed by atoms with Crippen LogP contribution in [0.2, 0.25) is 10.0 Å². The van der Waals surface area contributed by atoms with Crippen molar-refractivity contribution < 1.29 is 19.1 Å². The Balaban J connectivity index is 2.13. The van der Waals surface area contributed by atoms with E-state index in [0.29, 0.717) is 0 Å². The SMILES string of the molecule is O=C(Cc1ccccc1)OC(Nc1c(Cl)cccc1Cl)C(=O)OCC(Cl)Cl. The zero-order valence-corrected chi connectivity index (χ0v) is 16.9. The van der Waals surface area contributed by atoms with Crippen LogP contribution in [0.1, 0.15) is 5.56 Å². The van der Waals surface area contributed by atoms with Gasteiger partial charge in [-0.3, -0.25) is 4.79 Å². The number of esters is 2. The quantitative estimate of drug-likeness (QED) is 0.353. The summed E-state index contributed by atoms with van der Waals surface area (Å²) in [5, 5.41) is 3.17. The van der Waals surface area contributed by atoms with E-state index in [4.69, 9.17) is 55.9 Å². The molecule has 5 nitrogen and oxygen atoms in total. The van der Waals surface area contributed by atoms with Gasteiger partial charge in [0.05, 0.1) is 22.2 Å². The molecule has 27 heavy (non-hydrogen) atoms. The van der Waals surface area contributed by atoms with Crippen LogP contribution in [0.3, 0.4) is 0 Å². The molecule has 1 unspecified atom stereocenters. The van der Waals surface area contributed by atoms with Gasteiger partial charge in [-0.2, -0.15) is 0 Å². The average Bonchev–Trinajstić information content (AvgIpc) is 2.62. The molecule has 0 aromatic heterocycles. The molecule has 0 amide bonds. The van der Waals surface area contributed by atoms with E-state index in [9.17, 15) is 9.59 Å². The molecule has 0 bridgehead atoms. The summed E-state index contributed by atoms with van der Waals surface area (Å²) >= 11 is 23.3. The Bertz CT molecular complexity index is 766. The third-order valence-electron chi connectivity index (χ3n) is 3.24. The first-order valence-electron chi connectivity index (χ1n) is 7.75. The number of benzene rings is 2. The van der Waals surface area contributed by atoms with Gasteiger partial charge in [-0.05, 0) is 17.7 Å². The van der Waals surface area contributed by atoms with E-state index in [1.165, 1.54) is 0 Å². The third-order valence-corrected chi connectivity index (χ3v) is 4.13. The van der Waals surface area contributed by atoms with Crippen molar-refractivity contribution in [2.24, 2.45) is 0 Å². The Morgan fingerprint density at radius 3 is 2.19 bits per heavy atom. The number of hydrogen-bond acceptors (Lipinski definition) is 5. The molecular weight excluding hydrogens is 436 g/mol. The van der Waals surface area contributed by atoms with Crippen molar-refractivity contribution >= 4 is 64.0 Å². The number of alkyl halides is 2. The Kier molecular flexibility index (Phi) is 8.51. The van der Waals surface area contributed by atoms with Crippen LogP contribution in [0.5, 0.6) is 0 Å². The van der Waals surface area contributed by atoms with Crippen molar-refractivity contribution in [3.8, 4) is 0 Å². The lowest BCUT2D eigenvalue weighted by atomic mass is 10.2. The summed E-state index contributed by atoms with van der Waals surface area (Å²) in [6.07, 6.45) is -1.51. The number of carbonyl (C=O) groups is 2. The molecule has 2 aromatic rings. The van der Waals surface area contributed by atoms with Crippen LogP contribution < -0.4 is 5.32 Å². The normalized spacial score (nSPS) is 11.7. The van der Waals surface area contributed by atoms with Crippen LogP contribution in [0.25, 0.3) is 0 Å². The predicted molar refractivity (Wildman–Crippen MR) is 107 cm³/mol. The van der Waals surface area contributed by atoms with Gasteiger partial charge >= 0.3 is 11.9 Å². The number of halogens is 4. The van der Waals surface area contributed by atoms with Crippen LogP contribution in [-0.4, -0.2) is 29.6 Å². The minimum Gasteiger partial charge on any atom is -0.459 e. The van der Waals surface area contributed by atoms with Crippen molar-refractivity contribution in [2.45, 2.75) is 17.5 Å². The van der Waals surface area contributed by atoms with Gasteiger partial charge in [-0.1, -0.05) is 59.6 Å². The average molecular weight is 451 g/mol. The number of carbonyl (C=O) groups excluding carboxylic acids is 2. The number of hydrogen-bond donors (Lipinski definition) is 1. The first-order chi connectivity index (χ1) is 12.9. The lowest BCUT2D eigenvalue weighted by Crippen LogP contribution is -2.37. The summed E-state index contributed by atoms with van der Waals surface area (Å²) in [6.45, 7) is -0.271. The highest BCUT2D eigenvalue weighted by Gasteiger charge is 2.27. The lowest BCUT2D eigenvalue weighted by molar-refractivity contribution is -0.165. The van der Waals surface area contributed by atoms with Crippen molar-refractivity contribution in [2.75, 3.05) is 11.9 Å². The number of ether oxygens (including phenoxy) is 2. The molecule has 0 saturated heterocycles. The van der Waals surface area contributed by atoms with Gasteiger partial charge in [0.25, 0.3) is 6.23 Å². The van der Waals surface area contributed by atoms with Crippen LogP contribution in [0.15, 0.2) is 48.5 Å². The maximum atomic E-state index is 12.3. The third kappa shape index (κ3) is 7.11. The van der Waals surface area contributed by atoms with E-state index in [0.717, 1.165) is 5.56 Å². The molecule has 144 valence electrons. The second-order valence-electron chi connectivity index (χ2n) is 5.29. The highest BCUT2D eigenvalue weighted by atomic mass is 35.5. The Labute approximate surface area is 176 Å². The molecule has 0 aliphatic heterocycles. The van der Waals surface area contributed by atoms with E-state index >= 15 is 0 Å². The minimum absolute atomic E-state index is 0.0316. The number of rotatable bonds is 8. The van der Waals surface area contributed by atoms with E-state index in [1.807, 2.05) is 6.07 Å². The van der Waals surface area contributed by atoms with Crippen molar-refractivity contribution in [3.63, 3.8) is 0 Å². The maximum Gasteiger partial charge on any atom is 0.369 e. The smallest absolute Gasteiger partial charge is 0.369 e. The van der Waals surface area contributed by atoms with Crippen LogP contribution in [0, 0.1) is 0 Å². The molecule has 0 spiro atoms. The fourth-order valence-corrected chi connectivity index (χ4v) is 2.69. The zero-order chi connectivity index (χ0) is 19.8. The van der Waals surface area contributed by atoms with Gasteiger partial charge in [0.2, 0.25) is 0 Å². The largest absolute Gasteiger partial charge is 0.459 e. The van der Waals surface area contributed by atoms with E-state index < -0.39 is 23.0 Å². The minimum atomic E-state index is -1.48. The lowest BCUT2D eigenvalue weighted by Gasteiger charge is -2.20. The summed E-state index contributed by atoms with van der Waals surface area (Å²) in [4.78, 5) is 23.6. The molecular formula is C18H15Cl4NO4. The molecule has 0 radical (unpaired) electrons. The first-order valence-corrected chi connectivity index (χ1v) is 9.38. The summed E-state index contributed by atoms with van der Waals surface area (Å²) < 4.78 is 10.2. The van der Waals surface area contributed by atoms with Gasteiger partial charge in [0.1, 0.15) is 11.4 Å². The van der Waals surface area contributed by atoms with E-state index in [-0.39, 0.29) is 28.8 Å². The highest BCUT2D eigenvalue weighted by Crippen LogP contribution is 2.30. The van der Waals surface area contributed by atoms with Gasteiger partial charge in [-0.25, -0.2) is 4.79 Å². The van der Waals surface area contributed by atoms with Crippen molar-refractivity contribution in [1.29, 1.82) is 0 Å².